The molecule has 1 amide bonds. The fraction of sp³-hybridized carbons (Fsp3) is 0.896. The molecule has 0 fully saturated rings. The van der Waals surface area contributed by atoms with E-state index in [1.807, 2.05) is 6.08 Å². The highest BCUT2D eigenvalue weighted by atomic mass is 16.3. The number of carbonyl (C=O) groups is 1. The summed E-state index contributed by atoms with van der Waals surface area (Å²) in [5.74, 6) is -0.0560. The maximum absolute atomic E-state index is 12.5. The lowest BCUT2D eigenvalue weighted by Gasteiger charge is -2.20. The van der Waals surface area contributed by atoms with Crippen molar-refractivity contribution in [3.8, 4) is 0 Å². The smallest absolute Gasteiger partial charge is 0.220 e. The summed E-state index contributed by atoms with van der Waals surface area (Å²) in [6.45, 7) is 4.34. The summed E-state index contributed by atoms with van der Waals surface area (Å²) in [6, 6.07) is -0.620. The minimum absolute atomic E-state index is 0.0560. The Labute approximate surface area is 446 Å². The molecule has 0 aromatic rings. The highest BCUT2D eigenvalue weighted by Crippen LogP contribution is 2.18. The molecule has 2 unspecified atom stereocenters. The van der Waals surface area contributed by atoms with Crippen molar-refractivity contribution in [1.82, 2.24) is 5.32 Å². The molecule has 0 saturated carbocycles. The normalized spacial score (nSPS) is 12.9. The first kappa shape index (κ1) is 69.6. The molecule has 0 heterocycles. The lowest BCUT2D eigenvalue weighted by atomic mass is 10.0. The van der Waals surface area contributed by atoms with Crippen LogP contribution in [0, 0.1) is 0 Å². The third-order valence-corrected chi connectivity index (χ3v) is 15.4. The van der Waals surface area contributed by atoms with E-state index in [1.54, 1.807) is 6.08 Å². The summed E-state index contributed by atoms with van der Waals surface area (Å²) in [6.07, 6.45) is 86.4. The fourth-order valence-corrected chi connectivity index (χ4v) is 10.4. The van der Waals surface area contributed by atoms with Gasteiger partial charge in [0.05, 0.1) is 18.8 Å². The quantitative estimate of drug-likeness (QED) is 0.0420. The third-order valence-electron chi connectivity index (χ3n) is 15.4. The van der Waals surface area contributed by atoms with E-state index in [0.29, 0.717) is 6.42 Å². The fourth-order valence-electron chi connectivity index (χ4n) is 10.4. The highest BCUT2D eigenvalue weighted by molar-refractivity contribution is 5.76. The molecule has 0 rings (SSSR count). The first-order chi connectivity index (χ1) is 35.2. The number of aliphatic hydroxyl groups excluding tert-OH is 2. The van der Waals surface area contributed by atoms with Crippen LogP contribution in [0.25, 0.3) is 0 Å². The summed E-state index contributed by atoms with van der Waals surface area (Å²) in [4.78, 5) is 12.5. The number of unbranched alkanes of at least 4 members (excludes halogenated alkanes) is 50. The molecule has 4 heteroatoms. The predicted molar refractivity (Wildman–Crippen MR) is 318 cm³/mol. The van der Waals surface area contributed by atoms with E-state index < -0.39 is 12.1 Å². The zero-order valence-electron chi connectivity index (χ0n) is 48.5. The summed E-state index contributed by atoms with van der Waals surface area (Å²) < 4.78 is 0. The molecular formula is C67H129NO3. The van der Waals surface area contributed by atoms with Gasteiger partial charge in [-0.25, -0.2) is 0 Å². The van der Waals surface area contributed by atoms with Crippen molar-refractivity contribution in [2.45, 2.75) is 379 Å². The highest BCUT2D eigenvalue weighted by Gasteiger charge is 2.18. The van der Waals surface area contributed by atoms with Crippen LogP contribution in [0.3, 0.4) is 0 Å². The molecule has 0 aliphatic rings. The molecule has 420 valence electrons. The molecule has 0 radical (unpaired) electrons. The van der Waals surface area contributed by atoms with Crippen LogP contribution in [0.15, 0.2) is 36.5 Å². The standard InChI is InChI=1S/C67H129NO3/c1-3-5-7-9-11-13-15-17-19-21-23-25-26-27-28-29-30-31-32-33-34-35-36-37-38-39-40-41-42-43-45-47-49-51-53-55-57-59-61-63-67(71)68-65(64-69)66(70)62-60-58-56-54-52-50-48-46-44-24-22-20-18-16-14-12-10-8-6-4-2/h15,17,21,23,60,62,65-66,69-70H,3-14,16,18-20,22,24-59,61,63-64H2,1-2H3,(H,68,71)/b17-15-,23-21-,62-60+. The lowest BCUT2D eigenvalue weighted by molar-refractivity contribution is -0.123. The third kappa shape index (κ3) is 59.4. The second-order valence-electron chi connectivity index (χ2n) is 22.5. The van der Waals surface area contributed by atoms with Gasteiger partial charge in [-0.2, -0.15) is 0 Å². The van der Waals surface area contributed by atoms with E-state index in [2.05, 4.69) is 43.5 Å². The van der Waals surface area contributed by atoms with E-state index >= 15 is 0 Å². The number of allylic oxidation sites excluding steroid dienone is 5. The Balaban J connectivity index is 3.39. The Bertz CT molecular complexity index is 1080. The Morgan fingerprint density at radius 1 is 0.338 bits per heavy atom. The summed E-state index contributed by atoms with van der Waals surface area (Å²) in [5.41, 5.74) is 0. The van der Waals surface area contributed by atoms with E-state index in [-0.39, 0.29) is 12.5 Å². The Morgan fingerprint density at radius 3 is 0.845 bits per heavy atom. The van der Waals surface area contributed by atoms with Gasteiger partial charge in [0.15, 0.2) is 0 Å². The molecule has 0 aliphatic carbocycles. The number of hydrogen-bond acceptors (Lipinski definition) is 3. The zero-order valence-corrected chi connectivity index (χ0v) is 48.5. The molecule has 0 aliphatic heterocycles. The van der Waals surface area contributed by atoms with E-state index in [4.69, 9.17) is 0 Å². The number of hydrogen-bond donors (Lipinski definition) is 3. The van der Waals surface area contributed by atoms with Crippen LogP contribution < -0.4 is 5.32 Å². The van der Waals surface area contributed by atoms with E-state index in [1.165, 1.54) is 315 Å². The Morgan fingerprint density at radius 2 is 0.577 bits per heavy atom. The van der Waals surface area contributed by atoms with E-state index in [0.717, 1.165) is 32.1 Å². The maximum Gasteiger partial charge on any atom is 0.220 e. The van der Waals surface area contributed by atoms with Gasteiger partial charge in [-0.3, -0.25) is 4.79 Å². The number of amides is 1. The van der Waals surface area contributed by atoms with Crippen molar-refractivity contribution in [3.05, 3.63) is 36.5 Å². The van der Waals surface area contributed by atoms with Gasteiger partial charge in [0, 0.05) is 6.42 Å². The van der Waals surface area contributed by atoms with Gasteiger partial charge >= 0.3 is 0 Å². The number of nitrogens with one attached hydrogen (secondary N) is 1. The molecule has 0 bridgehead atoms. The molecular weight excluding hydrogens is 867 g/mol. The molecule has 4 nitrogen and oxygen atoms in total. The summed E-state index contributed by atoms with van der Waals surface area (Å²) >= 11 is 0. The molecule has 0 spiro atoms. The first-order valence-electron chi connectivity index (χ1n) is 32.7. The van der Waals surface area contributed by atoms with Gasteiger partial charge in [0.1, 0.15) is 0 Å². The predicted octanol–water partition coefficient (Wildman–Crippen LogP) is 22.0. The number of carbonyl (C=O) groups excluding carboxylic acids is 1. The molecule has 3 N–H and O–H groups in total. The number of rotatable bonds is 61. The Hall–Kier alpha value is -1.39. The summed E-state index contributed by atoms with van der Waals surface area (Å²) in [5, 5.41) is 23.2. The summed E-state index contributed by atoms with van der Waals surface area (Å²) in [7, 11) is 0. The van der Waals surface area contributed by atoms with E-state index in [9.17, 15) is 15.0 Å². The average molecular weight is 997 g/mol. The van der Waals surface area contributed by atoms with Gasteiger partial charge in [0.25, 0.3) is 0 Å². The van der Waals surface area contributed by atoms with Crippen molar-refractivity contribution in [1.29, 1.82) is 0 Å². The van der Waals surface area contributed by atoms with Gasteiger partial charge in [-0.05, 0) is 51.4 Å². The average Bonchev–Trinajstić information content (AvgIpc) is 3.37. The lowest BCUT2D eigenvalue weighted by Crippen LogP contribution is -2.45. The van der Waals surface area contributed by atoms with Crippen molar-refractivity contribution in [2.24, 2.45) is 0 Å². The van der Waals surface area contributed by atoms with Gasteiger partial charge in [-0.1, -0.05) is 346 Å². The Kier molecular flexibility index (Phi) is 61.7. The van der Waals surface area contributed by atoms with Crippen LogP contribution in [0.2, 0.25) is 0 Å². The number of aliphatic hydroxyl groups is 2. The van der Waals surface area contributed by atoms with Crippen LogP contribution in [0.4, 0.5) is 0 Å². The zero-order chi connectivity index (χ0) is 51.3. The van der Waals surface area contributed by atoms with Crippen molar-refractivity contribution in [3.63, 3.8) is 0 Å². The van der Waals surface area contributed by atoms with Gasteiger partial charge in [-0.15, -0.1) is 0 Å². The topological polar surface area (TPSA) is 69.6 Å². The SMILES string of the molecule is CCCCCCC/C=C\C/C=C\CCCCCCCCCCCCCCCCCCCCCCCCCCCCCC(=O)NC(CO)C(O)/C=C/CCCCCCCCCCCCCCCCCCCC. The van der Waals surface area contributed by atoms with Crippen LogP contribution in [-0.4, -0.2) is 34.9 Å². The van der Waals surface area contributed by atoms with Crippen molar-refractivity contribution in [2.75, 3.05) is 6.61 Å². The first-order valence-corrected chi connectivity index (χ1v) is 32.7. The van der Waals surface area contributed by atoms with Crippen LogP contribution in [-0.2, 0) is 4.79 Å². The minimum Gasteiger partial charge on any atom is -0.394 e. The molecule has 71 heavy (non-hydrogen) atoms. The minimum atomic E-state index is -0.838. The van der Waals surface area contributed by atoms with Gasteiger partial charge in [0.2, 0.25) is 5.91 Å². The van der Waals surface area contributed by atoms with Crippen LogP contribution >= 0.6 is 0 Å². The van der Waals surface area contributed by atoms with Crippen molar-refractivity contribution < 1.29 is 15.0 Å². The largest absolute Gasteiger partial charge is 0.394 e. The molecule has 0 aromatic heterocycles. The monoisotopic (exact) mass is 996 g/mol. The second kappa shape index (κ2) is 62.9. The van der Waals surface area contributed by atoms with Crippen LogP contribution in [0.5, 0.6) is 0 Å². The second-order valence-corrected chi connectivity index (χ2v) is 22.5. The van der Waals surface area contributed by atoms with Crippen molar-refractivity contribution >= 4 is 5.91 Å². The maximum atomic E-state index is 12.5. The van der Waals surface area contributed by atoms with Gasteiger partial charge < -0.3 is 15.5 Å². The molecule has 0 aromatic carbocycles. The molecule has 0 saturated heterocycles. The van der Waals surface area contributed by atoms with Crippen LogP contribution in [0.1, 0.15) is 367 Å². The molecule has 2 atom stereocenters.